The lowest BCUT2D eigenvalue weighted by Gasteiger charge is -2.34. The van der Waals surface area contributed by atoms with Gasteiger partial charge in [0.1, 0.15) is 21.8 Å². The van der Waals surface area contributed by atoms with E-state index in [0.717, 1.165) is 30.1 Å². The molecular formula is C20H20ClN9OS. The molecule has 32 heavy (non-hydrogen) atoms. The minimum Gasteiger partial charge on any atom is -0.375 e. The van der Waals surface area contributed by atoms with E-state index in [4.69, 9.17) is 17.3 Å². The molecule has 0 unspecified atom stereocenters. The fraction of sp³-hybridized carbons (Fsp3) is 0.300. The Morgan fingerprint density at radius 1 is 1.28 bits per heavy atom. The van der Waals surface area contributed by atoms with Crippen LogP contribution in [0.1, 0.15) is 17.5 Å². The van der Waals surface area contributed by atoms with Gasteiger partial charge < -0.3 is 16.0 Å². The number of carbonyl (C=O) groups excluding carboxylic acids is 1. The first-order valence-electron chi connectivity index (χ1n) is 9.82. The van der Waals surface area contributed by atoms with Crippen LogP contribution in [-0.2, 0) is 11.3 Å². The average molecular weight is 470 g/mol. The largest absolute Gasteiger partial charge is 0.375 e. The molecule has 3 aromatic heterocycles. The number of anilines is 3. The topological polar surface area (TPSA) is 137 Å². The van der Waals surface area contributed by atoms with Crippen molar-refractivity contribution < 1.29 is 4.79 Å². The second-order valence-corrected chi connectivity index (χ2v) is 8.60. The second-order valence-electron chi connectivity index (χ2n) is 7.18. The minimum atomic E-state index is 0.0986. The summed E-state index contributed by atoms with van der Waals surface area (Å²) in [5, 5.41) is 13.1. The van der Waals surface area contributed by atoms with E-state index >= 15 is 0 Å². The number of rotatable bonds is 5. The highest BCUT2D eigenvalue weighted by atomic mass is 35.5. The maximum Gasteiger partial charge on any atom is 0.227 e. The Balaban J connectivity index is 1.49. The molecular weight excluding hydrogens is 450 g/mol. The number of aromatic nitrogens is 4. The highest BCUT2D eigenvalue weighted by Gasteiger charge is 2.19. The van der Waals surface area contributed by atoms with Crippen LogP contribution in [0.25, 0.3) is 11.4 Å². The fourth-order valence-electron chi connectivity index (χ4n) is 3.42. The predicted molar refractivity (Wildman–Crippen MR) is 122 cm³/mol. The summed E-state index contributed by atoms with van der Waals surface area (Å²) < 4.78 is 0. The maximum absolute atomic E-state index is 11.5. The zero-order valence-corrected chi connectivity index (χ0v) is 18.8. The Morgan fingerprint density at radius 3 is 2.78 bits per heavy atom. The number of nitrogens with two attached hydrogens (primary N) is 1. The standard InChI is InChI=1S/C20H20ClN9OS/c1-12(31)30-6-4-29(5-7-30)11-14-8-13(9-17(21)25-14)26-20-24-3-2-15(27-20)18-16(10-22)32-19(23)28-18/h2-3,8-9H,4-7,11H2,1H3,(H2,23,28)(H,24,25,26,27). The third kappa shape index (κ3) is 5.11. The summed E-state index contributed by atoms with van der Waals surface area (Å²) in [7, 11) is 0. The molecule has 12 heteroatoms. The summed E-state index contributed by atoms with van der Waals surface area (Å²) in [5.41, 5.74) is 8.15. The van der Waals surface area contributed by atoms with Crippen molar-refractivity contribution >= 4 is 45.6 Å². The summed E-state index contributed by atoms with van der Waals surface area (Å²) in [6, 6.07) is 7.34. The summed E-state index contributed by atoms with van der Waals surface area (Å²) >= 11 is 7.36. The van der Waals surface area contributed by atoms with Crippen molar-refractivity contribution in [2.45, 2.75) is 13.5 Å². The van der Waals surface area contributed by atoms with Crippen molar-refractivity contribution in [2.75, 3.05) is 37.2 Å². The average Bonchev–Trinajstić information content (AvgIpc) is 3.15. The minimum absolute atomic E-state index is 0.0986. The summed E-state index contributed by atoms with van der Waals surface area (Å²) in [6.07, 6.45) is 1.58. The lowest BCUT2D eigenvalue weighted by Crippen LogP contribution is -2.47. The van der Waals surface area contributed by atoms with E-state index in [1.807, 2.05) is 11.0 Å². The van der Waals surface area contributed by atoms with Crippen LogP contribution >= 0.6 is 22.9 Å². The van der Waals surface area contributed by atoms with E-state index in [1.165, 1.54) is 0 Å². The number of amides is 1. The van der Waals surface area contributed by atoms with Gasteiger partial charge in [0.25, 0.3) is 0 Å². The number of halogens is 1. The van der Waals surface area contributed by atoms with Crippen molar-refractivity contribution in [2.24, 2.45) is 0 Å². The molecule has 0 atom stereocenters. The van der Waals surface area contributed by atoms with E-state index in [1.54, 1.807) is 25.3 Å². The number of nitrogens with one attached hydrogen (secondary N) is 1. The Morgan fingerprint density at radius 2 is 2.06 bits per heavy atom. The third-order valence-corrected chi connectivity index (χ3v) is 5.93. The number of nitriles is 1. The molecule has 0 saturated carbocycles. The number of hydrogen-bond donors (Lipinski definition) is 2. The first-order valence-corrected chi connectivity index (χ1v) is 11.0. The molecule has 4 rings (SSSR count). The molecule has 0 spiro atoms. The zero-order chi connectivity index (χ0) is 22.7. The van der Waals surface area contributed by atoms with Crippen LogP contribution in [0.4, 0.5) is 16.8 Å². The van der Waals surface area contributed by atoms with Gasteiger partial charge in [-0.1, -0.05) is 22.9 Å². The number of carbonyl (C=O) groups is 1. The normalized spacial score (nSPS) is 14.2. The molecule has 0 aromatic carbocycles. The van der Waals surface area contributed by atoms with Crippen molar-refractivity contribution in [3.8, 4) is 17.5 Å². The molecule has 10 nitrogen and oxygen atoms in total. The Labute approximate surface area is 193 Å². The van der Waals surface area contributed by atoms with E-state index in [0.29, 0.717) is 57.8 Å². The molecule has 1 aliphatic heterocycles. The Hall–Kier alpha value is -3.33. The molecule has 1 aliphatic rings. The van der Waals surface area contributed by atoms with Gasteiger partial charge in [-0.05, 0) is 18.2 Å². The van der Waals surface area contributed by atoms with Gasteiger partial charge in [0.15, 0.2) is 5.13 Å². The quantitative estimate of drug-likeness (QED) is 0.539. The van der Waals surface area contributed by atoms with Crippen molar-refractivity contribution in [3.05, 3.63) is 40.1 Å². The molecule has 164 valence electrons. The summed E-state index contributed by atoms with van der Waals surface area (Å²) in [6.45, 7) is 5.17. The molecule has 0 bridgehead atoms. The molecule has 0 radical (unpaired) electrons. The number of nitrogen functional groups attached to an aromatic ring is 1. The van der Waals surface area contributed by atoms with Crippen molar-refractivity contribution in [1.82, 2.24) is 29.7 Å². The first kappa shape index (κ1) is 21.9. The van der Waals surface area contributed by atoms with Crippen LogP contribution in [0.5, 0.6) is 0 Å². The van der Waals surface area contributed by atoms with E-state index in [-0.39, 0.29) is 5.91 Å². The third-order valence-electron chi connectivity index (χ3n) is 4.95. The molecule has 1 saturated heterocycles. The Bertz CT molecular complexity index is 1180. The second kappa shape index (κ2) is 9.44. The molecule has 3 aromatic rings. The fourth-order valence-corrected chi connectivity index (χ4v) is 4.29. The summed E-state index contributed by atoms with van der Waals surface area (Å²) in [5.74, 6) is 0.433. The van der Waals surface area contributed by atoms with Gasteiger partial charge in [0.05, 0.1) is 11.4 Å². The lowest BCUT2D eigenvalue weighted by atomic mass is 10.2. The highest BCUT2D eigenvalue weighted by molar-refractivity contribution is 7.16. The van der Waals surface area contributed by atoms with Gasteiger partial charge >= 0.3 is 0 Å². The number of nitrogens with zero attached hydrogens (tertiary/aromatic N) is 7. The molecule has 0 aliphatic carbocycles. The van der Waals surface area contributed by atoms with E-state index in [2.05, 4.69) is 36.2 Å². The number of thiazole rings is 1. The summed E-state index contributed by atoms with van der Waals surface area (Å²) in [4.78, 5) is 33.3. The van der Waals surface area contributed by atoms with Gasteiger partial charge in [0, 0.05) is 51.5 Å². The van der Waals surface area contributed by atoms with Crippen LogP contribution in [0, 0.1) is 11.3 Å². The monoisotopic (exact) mass is 469 g/mol. The van der Waals surface area contributed by atoms with Crippen LogP contribution < -0.4 is 11.1 Å². The van der Waals surface area contributed by atoms with Gasteiger partial charge in [0.2, 0.25) is 11.9 Å². The molecule has 1 amide bonds. The van der Waals surface area contributed by atoms with Gasteiger partial charge in [-0.25, -0.2) is 19.9 Å². The lowest BCUT2D eigenvalue weighted by molar-refractivity contribution is -0.130. The number of hydrogen-bond acceptors (Lipinski definition) is 10. The van der Waals surface area contributed by atoms with Crippen LogP contribution in [0.2, 0.25) is 5.15 Å². The van der Waals surface area contributed by atoms with Gasteiger partial charge in [-0.2, -0.15) is 5.26 Å². The smallest absolute Gasteiger partial charge is 0.227 e. The molecule has 3 N–H and O–H groups in total. The van der Waals surface area contributed by atoms with Crippen molar-refractivity contribution in [1.29, 1.82) is 5.26 Å². The number of pyridine rings is 1. The van der Waals surface area contributed by atoms with E-state index < -0.39 is 0 Å². The molecule has 4 heterocycles. The van der Waals surface area contributed by atoms with Gasteiger partial charge in [-0.15, -0.1) is 0 Å². The first-order chi connectivity index (χ1) is 15.4. The molecule has 1 fully saturated rings. The Kier molecular flexibility index (Phi) is 6.45. The van der Waals surface area contributed by atoms with Crippen LogP contribution in [0.15, 0.2) is 24.4 Å². The number of piperazine rings is 1. The van der Waals surface area contributed by atoms with Crippen molar-refractivity contribution in [3.63, 3.8) is 0 Å². The van der Waals surface area contributed by atoms with Gasteiger partial charge in [-0.3, -0.25) is 9.69 Å². The zero-order valence-electron chi connectivity index (χ0n) is 17.2. The van der Waals surface area contributed by atoms with E-state index in [9.17, 15) is 10.1 Å². The highest BCUT2D eigenvalue weighted by Crippen LogP contribution is 2.28. The van der Waals surface area contributed by atoms with Crippen LogP contribution in [-0.4, -0.2) is 61.8 Å². The SMILES string of the molecule is CC(=O)N1CCN(Cc2cc(Nc3nccc(-c4nc(N)sc4C#N)n3)cc(Cl)n2)CC1. The van der Waals surface area contributed by atoms with Crippen LogP contribution in [0.3, 0.4) is 0 Å². The predicted octanol–water partition coefficient (Wildman–Crippen LogP) is 2.51. The maximum atomic E-state index is 11.5.